The topological polar surface area (TPSA) is 192 Å². The second-order valence-corrected chi connectivity index (χ2v) is 7.68. The number of primary amides is 1. The van der Waals surface area contributed by atoms with Crippen LogP contribution in [-0.2, 0) is 24.3 Å². The van der Waals surface area contributed by atoms with Gasteiger partial charge in [0.05, 0.1) is 6.04 Å². The number of hydroxylamine groups is 2. The molecule has 0 aliphatic carbocycles. The maximum atomic E-state index is 12.4. The Morgan fingerprint density at radius 3 is 2.36 bits per heavy atom. The number of urea groups is 2. The number of likely N-dealkylation sites (tertiary alicyclic amines) is 1. The molecule has 5 N–H and O–H groups in total. The van der Waals surface area contributed by atoms with E-state index in [1.807, 2.05) is 0 Å². The van der Waals surface area contributed by atoms with Gasteiger partial charge in [-0.2, -0.15) is 13.5 Å². The van der Waals surface area contributed by atoms with Crippen LogP contribution in [0.25, 0.3) is 0 Å². The predicted molar refractivity (Wildman–Crippen MR) is 89.0 cm³/mol. The van der Waals surface area contributed by atoms with Gasteiger partial charge in [0, 0.05) is 13.1 Å². The Kier molecular flexibility index (Phi) is 5.31. The predicted octanol–water partition coefficient (Wildman–Crippen LogP) is -2.32. The van der Waals surface area contributed by atoms with Crippen LogP contribution in [0.1, 0.15) is 25.7 Å². The van der Waals surface area contributed by atoms with E-state index in [9.17, 15) is 27.6 Å². The van der Waals surface area contributed by atoms with E-state index in [2.05, 4.69) is 15.1 Å². The number of hydrogen-bond donors (Lipinski definition) is 4. The number of hydrazine groups is 1. The minimum atomic E-state index is -4.88. The van der Waals surface area contributed by atoms with Crippen molar-refractivity contribution < 1.29 is 36.4 Å². The summed E-state index contributed by atoms with van der Waals surface area (Å²) < 4.78 is 34.8. The number of rotatable bonds is 4. The molecule has 0 saturated carbocycles. The van der Waals surface area contributed by atoms with E-state index in [1.165, 1.54) is 4.90 Å². The minimum Gasteiger partial charge on any atom is -0.351 e. The molecular weight excluding hydrogens is 400 g/mol. The number of carbonyl (C=O) groups is 4. The number of fused-ring (bicyclic) bond motifs is 2. The maximum absolute atomic E-state index is 12.4. The summed E-state index contributed by atoms with van der Waals surface area (Å²) in [5.41, 5.74) is 9.65. The van der Waals surface area contributed by atoms with Gasteiger partial charge in [-0.1, -0.05) is 0 Å². The molecule has 3 heterocycles. The van der Waals surface area contributed by atoms with Crippen molar-refractivity contribution in [2.45, 2.75) is 43.8 Å². The lowest BCUT2D eigenvalue weighted by Crippen LogP contribution is -2.57. The van der Waals surface area contributed by atoms with Crippen molar-refractivity contribution in [1.29, 1.82) is 0 Å². The first-order chi connectivity index (χ1) is 13.1. The summed E-state index contributed by atoms with van der Waals surface area (Å²) in [6, 6.07) is -4.00. The molecule has 28 heavy (non-hydrogen) atoms. The first kappa shape index (κ1) is 20.1. The van der Waals surface area contributed by atoms with E-state index in [1.54, 1.807) is 0 Å². The highest BCUT2D eigenvalue weighted by atomic mass is 32.3. The van der Waals surface area contributed by atoms with Crippen molar-refractivity contribution in [2.24, 2.45) is 5.73 Å². The number of hydrogen-bond acceptors (Lipinski definition) is 7. The van der Waals surface area contributed by atoms with Gasteiger partial charge in [-0.15, -0.1) is 4.28 Å². The number of nitrogens with two attached hydrogens (primary N) is 1. The van der Waals surface area contributed by atoms with Crippen LogP contribution >= 0.6 is 0 Å². The third kappa shape index (κ3) is 3.95. The molecule has 3 fully saturated rings. The van der Waals surface area contributed by atoms with Crippen LogP contribution in [0.15, 0.2) is 0 Å². The van der Waals surface area contributed by atoms with Gasteiger partial charge in [-0.05, 0) is 25.7 Å². The smallest absolute Gasteiger partial charge is 0.351 e. The average Bonchev–Trinajstić information content (AvgIpc) is 3.19. The SMILES string of the molecule is NC(=O)N1CCC[C@H]1C(=O)NNC(=O)[C@H]1CC[C@@H]2CN1C(=O)N2OS(=O)(=O)O. The zero-order chi connectivity index (χ0) is 20.6. The van der Waals surface area contributed by atoms with Crippen LogP contribution in [0.4, 0.5) is 9.59 Å². The molecule has 3 aliphatic rings. The lowest BCUT2D eigenvalue weighted by atomic mass is 10.0. The Labute approximate surface area is 159 Å². The van der Waals surface area contributed by atoms with Crippen molar-refractivity contribution in [3.05, 3.63) is 0 Å². The zero-order valence-corrected chi connectivity index (χ0v) is 15.4. The highest BCUT2D eigenvalue weighted by Gasteiger charge is 2.49. The van der Waals surface area contributed by atoms with Crippen molar-refractivity contribution >= 4 is 34.3 Å². The first-order valence-corrected chi connectivity index (χ1v) is 9.87. The molecule has 6 amide bonds. The fourth-order valence-electron chi connectivity index (χ4n) is 3.70. The molecule has 3 atom stereocenters. The molecular formula is C13H20N6O8S. The molecule has 15 heteroatoms. The van der Waals surface area contributed by atoms with Crippen molar-refractivity contribution in [3.63, 3.8) is 0 Å². The normalized spacial score (nSPS) is 27.1. The molecule has 2 bridgehead atoms. The van der Waals surface area contributed by atoms with E-state index in [4.69, 9.17) is 10.3 Å². The largest absolute Gasteiger partial charge is 0.418 e. The standard InChI is InChI=1S/C13H20N6O8S/c14-12(22)17-5-1-2-8(17)10(20)15-16-11(21)9-4-3-7-6-18(9)13(23)19(7)27-28(24,25)26/h7-9H,1-6H2,(H2,14,22)(H,15,20)(H,16,21)(H,24,25,26)/t7-,8+,9-/m1/s1. The highest BCUT2D eigenvalue weighted by Crippen LogP contribution is 2.30. The van der Waals surface area contributed by atoms with Crippen LogP contribution in [-0.4, -0.2) is 82.9 Å². The van der Waals surface area contributed by atoms with Crippen molar-refractivity contribution in [2.75, 3.05) is 13.1 Å². The summed E-state index contributed by atoms with van der Waals surface area (Å²) in [7, 11) is -4.88. The Hall–Kier alpha value is -2.65. The number of nitrogens with zero attached hydrogens (tertiary/aromatic N) is 3. The van der Waals surface area contributed by atoms with Crippen LogP contribution in [0, 0.1) is 0 Å². The van der Waals surface area contributed by atoms with Crippen LogP contribution in [0.5, 0.6) is 0 Å². The summed E-state index contributed by atoms with van der Waals surface area (Å²) in [5.74, 6) is -1.29. The maximum Gasteiger partial charge on any atom is 0.418 e. The molecule has 3 rings (SSSR count). The minimum absolute atomic E-state index is 0.0263. The third-order valence-electron chi connectivity index (χ3n) is 4.95. The second kappa shape index (κ2) is 7.40. The molecule has 0 unspecified atom stereocenters. The molecule has 14 nitrogen and oxygen atoms in total. The molecule has 0 radical (unpaired) electrons. The van der Waals surface area contributed by atoms with Crippen molar-refractivity contribution in [1.82, 2.24) is 25.7 Å². The van der Waals surface area contributed by atoms with Gasteiger partial charge in [0.25, 0.3) is 11.8 Å². The molecule has 0 aromatic heterocycles. The second-order valence-electron chi connectivity index (χ2n) is 6.68. The molecule has 3 saturated heterocycles. The van der Waals surface area contributed by atoms with Gasteiger partial charge in [0.2, 0.25) is 0 Å². The summed E-state index contributed by atoms with van der Waals surface area (Å²) in [5, 5.41) is 0.518. The Morgan fingerprint density at radius 2 is 1.75 bits per heavy atom. The first-order valence-electron chi connectivity index (χ1n) is 8.51. The van der Waals surface area contributed by atoms with Gasteiger partial charge in [0.1, 0.15) is 12.1 Å². The molecule has 3 aliphatic heterocycles. The number of amides is 6. The van der Waals surface area contributed by atoms with E-state index < -0.39 is 52.4 Å². The fourth-order valence-corrected chi connectivity index (χ4v) is 4.09. The van der Waals surface area contributed by atoms with Gasteiger partial charge >= 0.3 is 22.5 Å². The Balaban J connectivity index is 1.58. The third-order valence-corrected chi connectivity index (χ3v) is 5.30. The van der Waals surface area contributed by atoms with Crippen LogP contribution in [0.2, 0.25) is 0 Å². The highest BCUT2D eigenvalue weighted by molar-refractivity contribution is 7.80. The Bertz CT molecular complexity index is 803. The monoisotopic (exact) mass is 420 g/mol. The van der Waals surface area contributed by atoms with Gasteiger partial charge in [-0.25, -0.2) is 9.59 Å². The van der Waals surface area contributed by atoms with Gasteiger partial charge in [0.15, 0.2) is 0 Å². The molecule has 0 spiro atoms. The summed E-state index contributed by atoms with van der Waals surface area (Å²) >= 11 is 0. The lowest BCUT2D eigenvalue weighted by Gasteiger charge is -2.29. The van der Waals surface area contributed by atoms with Gasteiger partial charge < -0.3 is 15.5 Å². The zero-order valence-electron chi connectivity index (χ0n) is 14.6. The number of nitrogens with one attached hydrogen (secondary N) is 2. The number of piperidine rings is 1. The van der Waals surface area contributed by atoms with E-state index in [0.717, 1.165) is 4.90 Å². The lowest BCUT2D eigenvalue weighted by molar-refractivity contribution is -0.133. The molecule has 0 aromatic rings. The van der Waals surface area contributed by atoms with Crippen LogP contribution < -0.4 is 16.6 Å². The van der Waals surface area contributed by atoms with E-state index in [-0.39, 0.29) is 19.4 Å². The summed E-state index contributed by atoms with van der Waals surface area (Å²) in [6.45, 7) is 0.371. The molecule has 0 aromatic carbocycles. The summed E-state index contributed by atoms with van der Waals surface area (Å²) in [6.07, 6.45) is 1.45. The average molecular weight is 420 g/mol. The fraction of sp³-hybridized carbons (Fsp3) is 0.692. The summed E-state index contributed by atoms with van der Waals surface area (Å²) in [4.78, 5) is 50.5. The molecule has 156 valence electrons. The van der Waals surface area contributed by atoms with Crippen LogP contribution in [0.3, 0.4) is 0 Å². The quantitative estimate of drug-likeness (QED) is 0.287. The number of carbonyl (C=O) groups excluding carboxylic acids is 4. The van der Waals surface area contributed by atoms with Crippen molar-refractivity contribution in [3.8, 4) is 0 Å². The van der Waals surface area contributed by atoms with E-state index in [0.29, 0.717) is 24.4 Å². The Morgan fingerprint density at radius 1 is 1.11 bits per heavy atom. The van der Waals surface area contributed by atoms with E-state index >= 15 is 0 Å². The van der Waals surface area contributed by atoms with Gasteiger partial charge in [-0.3, -0.25) is 25.0 Å².